The molecule has 0 unspecified atom stereocenters. The predicted molar refractivity (Wildman–Crippen MR) is 201 cm³/mol. The smallest absolute Gasteiger partial charge is 0.0555 e. The lowest BCUT2D eigenvalue weighted by Crippen LogP contribution is -1.93. The van der Waals surface area contributed by atoms with E-state index < -0.39 is 0 Å². The quantitative estimate of drug-likeness (QED) is 0.182. The molecule has 0 aliphatic rings. The van der Waals surface area contributed by atoms with E-state index in [0.717, 1.165) is 0 Å². The van der Waals surface area contributed by atoms with Gasteiger partial charge >= 0.3 is 0 Å². The molecule has 0 N–H and O–H groups in total. The Bertz CT molecular complexity index is 3020. The molecule has 0 bridgehead atoms. The lowest BCUT2D eigenvalue weighted by atomic mass is 10.1. The minimum absolute atomic E-state index is 1.19. The molecule has 0 spiro atoms. The van der Waals surface area contributed by atoms with Crippen LogP contribution in [0.25, 0.3) is 95.3 Å². The zero-order chi connectivity index (χ0) is 29.9. The van der Waals surface area contributed by atoms with E-state index in [-0.39, 0.29) is 0 Å². The van der Waals surface area contributed by atoms with Crippen LogP contribution < -0.4 is 0 Å². The van der Waals surface area contributed by atoms with Crippen LogP contribution in [0.1, 0.15) is 0 Å². The van der Waals surface area contributed by atoms with Crippen molar-refractivity contribution >= 4 is 107 Å². The summed E-state index contributed by atoms with van der Waals surface area (Å²) >= 11 is 3.82. The molecule has 46 heavy (non-hydrogen) atoms. The molecule has 0 radical (unpaired) electrons. The molecular formula is C42H24N2S2. The molecule has 4 aromatic heterocycles. The fourth-order valence-corrected chi connectivity index (χ4v) is 10.3. The lowest BCUT2D eigenvalue weighted by Gasteiger charge is -2.08. The van der Waals surface area contributed by atoms with Gasteiger partial charge in [0.15, 0.2) is 0 Å². The number of thiophene rings is 2. The van der Waals surface area contributed by atoms with Crippen LogP contribution in [0.5, 0.6) is 0 Å². The first-order valence-corrected chi connectivity index (χ1v) is 17.2. The van der Waals surface area contributed by atoms with Crippen molar-refractivity contribution < 1.29 is 0 Å². The molecule has 0 saturated carbocycles. The van der Waals surface area contributed by atoms with E-state index in [2.05, 4.69) is 155 Å². The van der Waals surface area contributed by atoms with Crippen LogP contribution in [0.2, 0.25) is 0 Å². The SMILES string of the molecule is c1ccc(-n2c3ccccc3c3c4sc5c(ccc6c5c5ccccc5n6-c5ccc6sc7ccccc7c6c5)c4ccc32)cc1. The van der Waals surface area contributed by atoms with Gasteiger partial charge in [0.1, 0.15) is 0 Å². The monoisotopic (exact) mass is 620 g/mol. The van der Waals surface area contributed by atoms with E-state index in [1.165, 1.54) is 95.3 Å². The Hall–Kier alpha value is -5.42. The van der Waals surface area contributed by atoms with Crippen molar-refractivity contribution in [3.05, 3.63) is 146 Å². The first-order chi connectivity index (χ1) is 22.8. The standard InChI is InChI=1S/C42H24N2S2/c1-2-10-25(11-3-1)43-33-15-7-4-13-30(33)39-35(43)21-19-28-29-20-22-36-40(42(29)46-41(28)39)31-14-5-8-16-34(31)44(36)26-18-23-38-32(24-26)27-12-6-9-17-37(27)45-38/h1-24H. The summed E-state index contributed by atoms with van der Waals surface area (Å²) in [5, 5.41) is 10.6. The van der Waals surface area contributed by atoms with Crippen LogP contribution in [0.15, 0.2) is 146 Å². The van der Waals surface area contributed by atoms with Gasteiger partial charge in [0.05, 0.1) is 22.1 Å². The molecule has 0 saturated heterocycles. The average Bonchev–Trinajstić information content (AvgIpc) is 3.85. The highest BCUT2D eigenvalue weighted by Crippen LogP contribution is 2.47. The van der Waals surface area contributed by atoms with E-state index in [1.54, 1.807) is 0 Å². The molecule has 7 aromatic carbocycles. The fraction of sp³-hybridized carbons (Fsp3) is 0. The summed E-state index contributed by atoms with van der Waals surface area (Å²) in [6, 6.07) is 53.6. The maximum atomic E-state index is 2.47. The molecule has 0 aliphatic carbocycles. The topological polar surface area (TPSA) is 9.86 Å². The number of hydrogen-bond acceptors (Lipinski definition) is 2. The second-order valence-corrected chi connectivity index (χ2v) is 14.2. The Balaban J connectivity index is 1.26. The van der Waals surface area contributed by atoms with Crippen LogP contribution in [-0.4, -0.2) is 9.13 Å². The summed E-state index contributed by atoms with van der Waals surface area (Å²) in [6.45, 7) is 0. The van der Waals surface area contributed by atoms with Gasteiger partial charge in [0.2, 0.25) is 0 Å². The molecule has 214 valence electrons. The number of hydrogen-bond donors (Lipinski definition) is 0. The van der Waals surface area contributed by atoms with Gasteiger partial charge in [-0.15, -0.1) is 22.7 Å². The Labute approximate surface area is 271 Å². The zero-order valence-corrected chi connectivity index (χ0v) is 26.2. The molecule has 0 aliphatic heterocycles. The highest BCUT2D eigenvalue weighted by molar-refractivity contribution is 7.28. The molecule has 4 heteroatoms. The van der Waals surface area contributed by atoms with E-state index in [9.17, 15) is 0 Å². The largest absolute Gasteiger partial charge is 0.309 e. The van der Waals surface area contributed by atoms with Gasteiger partial charge in [-0.25, -0.2) is 0 Å². The van der Waals surface area contributed by atoms with Crippen molar-refractivity contribution in [3.63, 3.8) is 0 Å². The van der Waals surface area contributed by atoms with E-state index in [0.29, 0.717) is 0 Å². The number of aromatic nitrogens is 2. The second kappa shape index (κ2) is 9.07. The summed E-state index contributed by atoms with van der Waals surface area (Å²) in [6.07, 6.45) is 0. The van der Waals surface area contributed by atoms with Gasteiger partial charge in [-0.1, -0.05) is 84.9 Å². The van der Waals surface area contributed by atoms with Crippen molar-refractivity contribution in [2.45, 2.75) is 0 Å². The number of rotatable bonds is 2. The molecule has 11 rings (SSSR count). The Morgan fingerprint density at radius 1 is 0.326 bits per heavy atom. The van der Waals surface area contributed by atoms with E-state index >= 15 is 0 Å². The molecule has 0 fully saturated rings. The number of benzene rings is 7. The van der Waals surface area contributed by atoms with E-state index in [1.807, 2.05) is 22.7 Å². The first-order valence-electron chi connectivity index (χ1n) is 15.6. The molecular weight excluding hydrogens is 597 g/mol. The van der Waals surface area contributed by atoms with E-state index in [4.69, 9.17) is 0 Å². The van der Waals surface area contributed by atoms with Crippen molar-refractivity contribution in [1.29, 1.82) is 0 Å². The number of nitrogens with zero attached hydrogens (tertiary/aromatic N) is 2. The Kier molecular flexibility index (Phi) is 4.90. The Morgan fingerprint density at radius 2 is 0.870 bits per heavy atom. The summed E-state index contributed by atoms with van der Waals surface area (Å²) in [4.78, 5) is 0. The van der Waals surface area contributed by atoms with Gasteiger partial charge in [-0.3, -0.25) is 0 Å². The summed E-state index contributed by atoms with van der Waals surface area (Å²) in [5.74, 6) is 0. The Morgan fingerprint density at radius 3 is 1.54 bits per heavy atom. The third-order valence-corrected chi connectivity index (χ3v) is 12.1. The third-order valence-electron chi connectivity index (χ3n) is 9.71. The number of fused-ring (bicyclic) bond motifs is 14. The maximum absolute atomic E-state index is 2.47. The minimum atomic E-state index is 1.19. The molecule has 4 heterocycles. The predicted octanol–water partition coefficient (Wildman–Crippen LogP) is 12.6. The lowest BCUT2D eigenvalue weighted by molar-refractivity contribution is 1.18. The normalized spacial score (nSPS) is 12.3. The van der Waals surface area contributed by atoms with Crippen LogP contribution in [0, 0.1) is 0 Å². The minimum Gasteiger partial charge on any atom is -0.309 e. The van der Waals surface area contributed by atoms with Crippen LogP contribution >= 0.6 is 22.7 Å². The average molecular weight is 621 g/mol. The molecule has 2 nitrogen and oxygen atoms in total. The van der Waals surface area contributed by atoms with Gasteiger partial charge in [0.25, 0.3) is 0 Å². The van der Waals surface area contributed by atoms with Crippen molar-refractivity contribution in [1.82, 2.24) is 9.13 Å². The second-order valence-electron chi connectivity index (χ2n) is 12.1. The third kappa shape index (κ3) is 3.20. The summed E-state index contributed by atoms with van der Waals surface area (Å²) < 4.78 is 10.3. The molecule has 0 atom stereocenters. The first kappa shape index (κ1) is 24.8. The van der Waals surface area contributed by atoms with Crippen LogP contribution in [0.3, 0.4) is 0 Å². The van der Waals surface area contributed by atoms with Gasteiger partial charge in [-0.05, 0) is 60.7 Å². The molecule has 11 aromatic rings. The summed E-state index contributed by atoms with van der Waals surface area (Å²) in [5.41, 5.74) is 7.38. The van der Waals surface area contributed by atoms with Crippen molar-refractivity contribution in [2.75, 3.05) is 0 Å². The molecule has 0 amide bonds. The fourth-order valence-electron chi connectivity index (χ4n) is 7.78. The van der Waals surface area contributed by atoms with Crippen LogP contribution in [-0.2, 0) is 0 Å². The maximum Gasteiger partial charge on any atom is 0.0555 e. The van der Waals surface area contributed by atoms with Gasteiger partial charge < -0.3 is 9.13 Å². The van der Waals surface area contributed by atoms with Crippen LogP contribution in [0.4, 0.5) is 0 Å². The van der Waals surface area contributed by atoms with Gasteiger partial charge in [-0.2, -0.15) is 0 Å². The zero-order valence-electron chi connectivity index (χ0n) is 24.6. The van der Waals surface area contributed by atoms with Crippen molar-refractivity contribution in [3.8, 4) is 11.4 Å². The highest BCUT2D eigenvalue weighted by atomic mass is 32.1. The van der Waals surface area contributed by atoms with Gasteiger partial charge in [0, 0.05) is 73.3 Å². The summed E-state index contributed by atoms with van der Waals surface area (Å²) in [7, 11) is 0. The highest BCUT2D eigenvalue weighted by Gasteiger charge is 2.21. The number of para-hydroxylation sites is 3. The van der Waals surface area contributed by atoms with Crippen molar-refractivity contribution in [2.24, 2.45) is 0 Å².